The van der Waals surface area contributed by atoms with E-state index in [4.69, 9.17) is 0 Å². The minimum absolute atomic E-state index is 0.424. The summed E-state index contributed by atoms with van der Waals surface area (Å²) < 4.78 is 0. The number of nitrogens with zero attached hydrogens (tertiary/aromatic N) is 2. The SMILES string of the molecule is Cc1csc(CCN2CCCNC3(CCCCC3)C2)n1. The van der Waals surface area contributed by atoms with E-state index in [1.54, 1.807) is 0 Å². The van der Waals surface area contributed by atoms with Gasteiger partial charge in [0.1, 0.15) is 0 Å². The van der Waals surface area contributed by atoms with Crippen LogP contribution in [0.2, 0.25) is 0 Å². The number of rotatable bonds is 3. The van der Waals surface area contributed by atoms with Crippen LogP contribution in [0.4, 0.5) is 0 Å². The Labute approximate surface area is 126 Å². The van der Waals surface area contributed by atoms with E-state index in [1.165, 1.54) is 75.4 Å². The Hall–Kier alpha value is -0.450. The molecule has 1 aromatic heterocycles. The molecule has 1 N–H and O–H groups in total. The number of thiazole rings is 1. The van der Waals surface area contributed by atoms with Crippen molar-refractivity contribution in [3.63, 3.8) is 0 Å². The van der Waals surface area contributed by atoms with E-state index >= 15 is 0 Å². The number of aromatic nitrogens is 1. The van der Waals surface area contributed by atoms with Crippen molar-refractivity contribution in [2.75, 3.05) is 26.2 Å². The molecule has 3 rings (SSSR count). The molecule has 4 heteroatoms. The molecule has 0 atom stereocenters. The minimum atomic E-state index is 0.424. The molecule has 1 saturated heterocycles. The molecule has 1 aromatic rings. The molecule has 2 fully saturated rings. The maximum absolute atomic E-state index is 4.60. The van der Waals surface area contributed by atoms with Gasteiger partial charge in [-0.2, -0.15) is 0 Å². The summed E-state index contributed by atoms with van der Waals surface area (Å²) in [7, 11) is 0. The third-order valence-corrected chi connectivity index (χ3v) is 5.82. The molecule has 1 spiro atoms. The highest BCUT2D eigenvalue weighted by Crippen LogP contribution is 2.30. The van der Waals surface area contributed by atoms with Crippen LogP contribution in [0.5, 0.6) is 0 Å². The number of hydrogen-bond acceptors (Lipinski definition) is 4. The van der Waals surface area contributed by atoms with Crippen molar-refractivity contribution < 1.29 is 0 Å². The molecule has 1 aliphatic heterocycles. The Morgan fingerprint density at radius 2 is 2.15 bits per heavy atom. The van der Waals surface area contributed by atoms with E-state index in [2.05, 4.69) is 27.5 Å². The predicted molar refractivity (Wildman–Crippen MR) is 85.4 cm³/mol. The lowest BCUT2D eigenvalue weighted by Crippen LogP contribution is -2.52. The Kier molecular flexibility index (Phi) is 4.74. The quantitative estimate of drug-likeness (QED) is 0.928. The summed E-state index contributed by atoms with van der Waals surface area (Å²) in [6.07, 6.45) is 9.41. The van der Waals surface area contributed by atoms with Crippen molar-refractivity contribution in [3.8, 4) is 0 Å². The summed E-state index contributed by atoms with van der Waals surface area (Å²) in [5.74, 6) is 0. The zero-order valence-electron chi connectivity index (χ0n) is 12.7. The maximum atomic E-state index is 4.60. The molecule has 0 unspecified atom stereocenters. The third kappa shape index (κ3) is 3.60. The number of aryl methyl sites for hydroxylation is 1. The van der Waals surface area contributed by atoms with E-state index in [9.17, 15) is 0 Å². The van der Waals surface area contributed by atoms with Gasteiger partial charge in [0.15, 0.2) is 0 Å². The zero-order valence-corrected chi connectivity index (χ0v) is 13.5. The van der Waals surface area contributed by atoms with Crippen molar-refractivity contribution >= 4 is 11.3 Å². The minimum Gasteiger partial charge on any atom is -0.310 e. The smallest absolute Gasteiger partial charge is 0.0940 e. The van der Waals surface area contributed by atoms with Gasteiger partial charge in [0, 0.05) is 36.1 Å². The summed E-state index contributed by atoms with van der Waals surface area (Å²) in [4.78, 5) is 7.28. The average molecular weight is 293 g/mol. The van der Waals surface area contributed by atoms with Crippen LogP contribution in [-0.4, -0.2) is 41.6 Å². The monoisotopic (exact) mass is 293 g/mol. The summed E-state index contributed by atoms with van der Waals surface area (Å²) in [6, 6.07) is 0. The van der Waals surface area contributed by atoms with Crippen LogP contribution in [0, 0.1) is 6.92 Å². The van der Waals surface area contributed by atoms with Gasteiger partial charge in [-0.3, -0.25) is 0 Å². The third-order valence-electron chi connectivity index (χ3n) is 4.80. The normalized spacial score (nSPS) is 23.9. The summed E-state index contributed by atoms with van der Waals surface area (Å²) in [6.45, 7) is 6.96. The summed E-state index contributed by atoms with van der Waals surface area (Å²) >= 11 is 1.82. The van der Waals surface area contributed by atoms with Crippen molar-refractivity contribution in [2.45, 2.75) is 57.4 Å². The van der Waals surface area contributed by atoms with Crippen LogP contribution in [0.1, 0.15) is 49.2 Å². The lowest BCUT2D eigenvalue weighted by Gasteiger charge is -2.40. The lowest BCUT2D eigenvalue weighted by atomic mass is 9.81. The molecule has 20 heavy (non-hydrogen) atoms. The first-order valence-electron chi connectivity index (χ1n) is 8.14. The van der Waals surface area contributed by atoms with Crippen LogP contribution in [-0.2, 0) is 6.42 Å². The van der Waals surface area contributed by atoms with Crippen LogP contribution in [0.15, 0.2) is 5.38 Å². The Balaban J connectivity index is 1.57. The van der Waals surface area contributed by atoms with Crippen molar-refractivity contribution in [3.05, 3.63) is 16.1 Å². The molecule has 0 aromatic carbocycles. The van der Waals surface area contributed by atoms with Crippen molar-refractivity contribution in [1.29, 1.82) is 0 Å². The first-order valence-corrected chi connectivity index (χ1v) is 9.02. The Morgan fingerprint density at radius 3 is 2.90 bits per heavy atom. The highest BCUT2D eigenvalue weighted by Gasteiger charge is 2.34. The standard InChI is InChI=1S/C16H27N3S/c1-14-12-20-15(18-14)6-11-19-10-5-9-17-16(13-19)7-3-2-4-8-16/h12,17H,2-11,13H2,1H3. The zero-order chi connectivity index (χ0) is 13.8. The molecule has 3 nitrogen and oxygen atoms in total. The van der Waals surface area contributed by atoms with Gasteiger partial charge in [0.25, 0.3) is 0 Å². The van der Waals surface area contributed by atoms with Crippen LogP contribution < -0.4 is 5.32 Å². The molecule has 2 aliphatic rings. The van der Waals surface area contributed by atoms with Gasteiger partial charge in [-0.05, 0) is 39.3 Å². The second-order valence-electron chi connectivity index (χ2n) is 6.53. The van der Waals surface area contributed by atoms with Gasteiger partial charge in [-0.15, -0.1) is 11.3 Å². The highest BCUT2D eigenvalue weighted by molar-refractivity contribution is 7.09. The molecular weight excluding hydrogens is 266 g/mol. The molecule has 2 heterocycles. The van der Waals surface area contributed by atoms with Gasteiger partial charge in [-0.1, -0.05) is 19.3 Å². The fourth-order valence-corrected chi connectivity index (χ4v) is 4.51. The fraction of sp³-hybridized carbons (Fsp3) is 0.812. The van der Waals surface area contributed by atoms with Gasteiger partial charge in [-0.25, -0.2) is 4.98 Å². The molecular formula is C16H27N3S. The number of nitrogens with one attached hydrogen (secondary N) is 1. The first kappa shape index (κ1) is 14.5. The molecule has 1 aliphatic carbocycles. The van der Waals surface area contributed by atoms with Crippen LogP contribution in [0.25, 0.3) is 0 Å². The molecule has 0 amide bonds. The predicted octanol–water partition coefficient (Wildman–Crippen LogP) is 2.99. The van der Waals surface area contributed by atoms with Gasteiger partial charge in [0.05, 0.1) is 5.01 Å². The van der Waals surface area contributed by atoms with E-state index in [0.29, 0.717) is 5.54 Å². The van der Waals surface area contributed by atoms with Gasteiger partial charge < -0.3 is 10.2 Å². The van der Waals surface area contributed by atoms with E-state index in [0.717, 1.165) is 6.42 Å². The summed E-state index contributed by atoms with van der Waals surface area (Å²) in [5.41, 5.74) is 1.60. The largest absolute Gasteiger partial charge is 0.310 e. The number of hydrogen-bond donors (Lipinski definition) is 1. The topological polar surface area (TPSA) is 28.2 Å². The first-order chi connectivity index (χ1) is 9.76. The highest BCUT2D eigenvalue weighted by atomic mass is 32.1. The molecule has 0 radical (unpaired) electrons. The second kappa shape index (κ2) is 6.54. The Bertz CT molecular complexity index is 423. The van der Waals surface area contributed by atoms with Gasteiger partial charge >= 0.3 is 0 Å². The van der Waals surface area contributed by atoms with E-state index in [1.807, 2.05) is 11.3 Å². The van der Waals surface area contributed by atoms with E-state index in [-0.39, 0.29) is 0 Å². The van der Waals surface area contributed by atoms with Crippen molar-refractivity contribution in [2.24, 2.45) is 0 Å². The van der Waals surface area contributed by atoms with Crippen LogP contribution in [0.3, 0.4) is 0 Å². The summed E-state index contributed by atoms with van der Waals surface area (Å²) in [5, 5.41) is 7.35. The lowest BCUT2D eigenvalue weighted by molar-refractivity contribution is 0.165. The van der Waals surface area contributed by atoms with E-state index < -0.39 is 0 Å². The average Bonchev–Trinajstić information content (AvgIpc) is 2.77. The maximum Gasteiger partial charge on any atom is 0.0940 e. The fourth-order valence-electron chi connectivity index (χ4n) is 3.74. The van der Waals surface area contributed by atoms with Crippen molar-refractivity contribution in [1.82, 2.24) is 15.2 Å². The molecule has 1 saturated carbocycles. The van der Waals surface area contributed by atoms with Crippen LogP contribution >= 0.6 is 11.3 Å². The Morgan fingerprint density at radius 1 is 1.30 bits per heavy atom. The molecule has 112 valence electrons. The molecule has 0 bridgehead atoms. The second-order valence-corrected chi connectivity index (χ2v) is 7.47. The van der Waals surface area contributed by atoms with Gasteiger partial charge in [0.2, 0.25) is 0 Å².